The minimum absolute atomic E-state index is 0.0223. The molecule has 0 aromatic rings. The van der Waals surface area contributed by atoms with Crippen LogP contribution in [-0.2, 0) is 4.74 Å². The van der Waals surface area contributed by atoms with Gasteiger partial charge in [-0.2, -0.15) is 0 Å². The second-order valence-electron chi connectivity index (χ2n) is 3.49. The molecule has 0 saturated carbocycles. The quantitative estimate of drug-likeness (QED) is 0.482. The fourth-order valence-electron chi connectivity index (χ4n) is 1.59. The summed E-state index contributed by atoms with van der Waals surface area (Å²) in [5.74, 6) is -0.0223. The number of ether oxygens (including phenoxy) is 1. The molecule has 1 heterocycles. The van der Waals surface area contributed by atoms with Gasteiger partial charge in [-0.1, -0.05) is 6.92 Å². The molecule has 0 aromatic carbocycles. The summed E-state index contributed by atoms with van der Waals surface area (Å²) in [6.07, 6.45) is -1.23. The molecule has 4 nitrogen and oxygen atoms in total. The van der Waals surface area contributed by atoms with Crippen LogP contribution < -0.4 is 5.73 Å². The Morgan fingerprint density at radius 3 is 2.50 bits per heavy atom. The molecule has 1 rings (SSSR count). The number of hydrogen-bond donors (Lipinski definition) is 3. The Labute approximate surface area is 72.3 Å². The maximum Gasteiger partial charge on any atom is 0.107 e. The molecular weight excluding hydrogens is 158 g/mol. The van der Waals surface area contributed by atoms with Crippen LogP contribution >= 0.6 is 0 Å². The lowest BCUT2D eigenvalue weighted by Gasteiger charge is -2.40. The highest BCUT2D eigenvalue weighted by molar-refractivity contribution is 4.90. The molecule has 0 bridgehead atoms. The van der Waals surface area contributed by atoms with Gasteiger partial charge in [0.1, 0.15) is 6.10 Å². The van der Waals surface area contributed by atoms with Gasteiger partial charge >= 0.3 is 0 Å². The molecule has 4 heteroatoms. The third-order valence-corrected chi connectivity index (χ3v) is 2.64. The van der Waals surface area contributed by atoms with Crippen molar-refractivity contribution in [3.05, 3.63) is 0 Å². The second kappa shape index (κ2) is 3.70. The second-order valence-corrected chi connectivity index (χ2v) is 3.49. The van der Waals surface area contributed by atoms with Crippen LogP contribution in [0.25, 0.3) is 0 Å². The fraction of sp³-hybridized carbons (Fsp3) is 1.00. The number of aliphatic hydroxyl groups is 2. The van der Waals surface area contributed by atoms with Crippen LogP contribution in [-0.4, -0.2) is 41.2 Å². The van der Waals surface area contributed by atoms with Gasteiger partial charge in [-0.15, -0.1) is 0 Å². The molecule has 1 aliphatic rings. The molecule has 12 heavy (non-hydrogen) atoms. The standard InChI is InChI=1S/C8H17NO3/c1-4-7(9)5(2)12-6(3-10)8(4)11/h4-8,10-11H,3,9H2,1-2H3. The summed E-state index contributed by atoms with van der Waals surface area (Å²) in [7, 11) is 0. The van der Waals surface area contributed by atoms with Gasteiger partial charge in [0.15, 0.2) is 0 Å². The SMILES string of the molecule is CC1OC(CO)C(O)C(C)C1N. The first-order chi connectivity index (χ1) is 5.57. The van der Waals surface area contributed by atoms with Gasteiger partial charge in [0.05, 0.1) is 18.8 Å². The molecular formula is C8H17NO3. The largest absolute Gasteiger partial charge is 0.394 e. The van der Waals surface area contributed by atoms with Crippen molar-refractivity contribution in [3.8, 4) is 0 Å². The maximum atomic E-state index is 9.56. The Bertz CT molecular complexity index is 148. The number of nitrogens with two attached hydrogens (primary N) is 1. The molecule has 1 fully saturated rings. The van der Waals surface area contributed by atoms with E-state index in [1.807, 2.05) is 13.8 Å². The lowest BCUT2D eigenvalue weighted by Crippen LogP contribution is -2.56. The average Bonchev–Trinajstić information content (AvgIpc) is 2.08. The van der Waals surface area contributed by atoms with Gasteiger partial charge in [-0.3, -0.25) is 0 Å². The lowest BCUT2D eigenvalue weighted by molar-refractivity contribution is -0.158. The van der Waals surface area contributed by atoms with E-state index in [2.05, 4.69) is 0 Å². The van der Waals surface area contributed by atoms with Gasteiger partial charge in [0, 0.05) is 12.0 Å². The zero-order chi connectivity index (χ0) is 9.30. The van der Waals surface area contributed by atoms with Gasteiger partial charge < -0.3 is 20.7 Å². The van der Waals surface area contributed by atoms with Crippen LogP contribution in [0.1, 0.15) is 13.8 Å². The van der Waals surface area contributed by atoms with Gasteiger partial charge in [-0.05, 0) is 6.92 Å². The van der Waals surface area contributed by atoms with E-state index in [1.165, 1.54) is 0 Å². The van der Waals surface area contributed by atoms with Gasteiger partial charge in [-0.25, -0.2) is 0 Å². The van der Waals surface area contributed by atoms with Crippen LogP contribution in [0.5, 0.6) is 0 Å². The highest BCUT2D eigenvalue weighted by Gasteiger charge is 2.38. The minimum atomic E-state index is -0.652. The Morgan fingerprint density at radius 2 is 2.00 bits per heavy atom. The van der Waals surface area contributed by atoms with E-state index >= 15 is 0 Å². The summed E-state index contributed by atoms with van der Waals surface area (Å²) >= 11 is 0. The monoisotopic (exact) mass is 175 g/mol. The van der Waals surface area contributed by atoms with E-state index in [1.54, 1.807) is 0 Å². The fourth-order valence-corrected chi connectivity index (χ4v) is 1.59. The lowest BCUT2D eigenvalue weighted by atomic mass is 9.87. The first-order valence-electron chi connectivity index (χ1n) is 4.28. The summed E-state index contributed by atoms with van der Waals surface area (Å²) in [6, 6.07) is -0.150. The summed E-state index contributed by atoms with van der Waals surface area (Å²) in [4.78, 5) is 0. The van der Waals surface area contributed by atoms with Crippen LogP contribution in [0, 0.1) is 5.92 Å². The van der Waals surface area contributed by atoms with E-state index in [4.69, 9.17) is 15.6 Å². The van der Waals surface area contributed by atoms with E-state index in [-0.39, 0.29) is 24.7 Å². The summed E-state index contributed by atoms with van der Waals surface area (Å²) in [5.41, 5.74) is 5.76. The summed E-state index contributed by atoms with van der Waals surface area (Å²) in [6.45, 7) is 3.58. The van der Waals surface area contributed by atoms with Crippen molar-refractivity contribution in [2.75, 3.05) is 6.61 Å². The summed E-state index contributed by atoms with van der Waals surface area (Å²) < 4.78 is 5.31. The van der Waals surface area contributed by atoms with Crippen molar-refractivity contribution < 1.29 is 14.9 Å². The maximum absolute atomic E-state index is 9.56. The minimum Gasteiger partial charge on any atom is -0.394 e. The van der Waals surface area contributed by atoms with Crippen molar-refractivity contribution in [2.24, 2.45) is 11.7 Å². The zero-order valence-corrected chi connectivity index (χ0v) is 7.47. The molecule has 72 valence electrons. The molecule has 1 aliphatic heterocycles. The van der Waals surface area contributed by atoms with Crippen LogP contribution in [0.3, 0.4) is 0 Å². The molecule has 5 unspecified atom stereocenters. The number of hydrogen-bond acceptors (Lipinski definition) is 4. The normalized spacial score (nSPS) is 49.2. The highest BCUT2D eigenvalue weighted by atomic mass is 16.5. The molecule has 0 amide bonds. The van der Waals surface area contributed by atoms with Gasteiger partial charge in [0.2, 0.25) is 0 Å². The van der Waals surface area contributed by atoms with E-state index in [0.29, 0.717) is 0 Å². The number of rotatable bonds is 1. The smallest absolute Gasteiger partial charge is 0.107 e. The third kappa shape index (κ3) is 1.61. The molecule has 0 aliphatic carbocycles. The van der Waals surface area contributed by atoms with E-state index < -0.39 is 12.2 Å². The number of aliphatic hydroxyl groups excluding tert-OH is 2. The van der Waals surface area contributed by atoms with Crippen molar-refractivity contribution in [1.82, 2.24) is 0 Å². The first kappa shape index (κ1) is 9.92. The van der Waals surface area contributed by atoms with Crippen molar-refractivity contribution >= 4 is 0 Å². The molecule has 5 atom stereocenters. The molecule has 4 N–H and O–H groups in total. The predicted octanol–water partition coefficient (Wildman–Crippen LogP) is -0.910. The van der Waals surface area contributed by atoms with Crippen molar-refractivity contribution in [1.29, 1.82) is 0 Å². The molecule has 0 radical (unpaired) electrons. The van der Waals surface area contributed by atoms with Crippen LogP contribution in [0.15, 0.2) is 0 Å². The first-order valence-corrected chi connectivity index (χ1v) is 4.28. The predicted molar refractivity (Wildman–Crippen MR) is 44.6 cm³/mol. The van der Waals surface area contributed by atoms with Crippen LogP contribution in [0.2, 0.25) is 0 Å². The Kier molecular flexibility index (Phi) is 3.06. The van der Waals surface area contributed by atoms with E-state index in [0.717, 1.165) is 0 Å². The molecule has 1 saturated heterocycles. The third-order valence-electron chi connectivity index (χ3n) is 2.64. The zero-order valence-electron chi connectivity index (χ0n) is 7.47. The van der Waals surface area contributed by atoms with Crippen molar-refractivity contribution in [2.45, 2.75) is 38.2 Å². The molecule has 0 spiro atoms. The Morgan fingerprint density at radius 1 is 1.42 bits per heavy atom. The summed E-state index contributed by atoms with van der Waals surface area (Å²) in [5, 5.41) is 18.4. The molecule has 0 aromatic heterocycles. The average molecular weight is 175 g/mol. The topological polar surface area (TPSA) is 75.7 Å². The van der Waals surface area contributed by atoms with Crippen molar-refractivity contribution in [3.63, 3.8) is 0 Å². The Balaban J connectivity index is 2.63. The van der Waals surface area contributed by atoms with Gasteiger partial charge in [0.25, 0.3) is 0 Å². The highest BCUT2D eigenvalue weighted by Crippen LogP contribution is 2.23. The van der Waals surface area contributed by atoms with E-state index in [9.17, 15) is 5.11 Å². The van der Waals surface area contributed by atoms with Crippen LogP contribution in [0.4, 0.5) is 0 Å². The Hall–Kier alpha value is -0.160.